The molecule has 2 aromatic rings. The van der Waals surface area contributed by atoms with Crippen molar-refractivity contribution in [3.63, 3.8) is 0 Å². The highest BCUT2D eigenvalue weighted by Gasteiger charge is 2.19. The van der Waals surface area contributed by atoms with E-state index in [-0.39, 0.29) is 0 Å². The molecule has 0 aliphatic heterocycles. The van der Waals surface area contributed by atoms with Gasteiger partial charge in [0, 0.05) is 11.3 Å². The van der Waals surface area contributed by atoms with Crippen molar-refractivity contribution < 1.29 is 9.90 Å². The van der Waals surface area contributed by atoms with Crippen molar-refractivity contribution in [1.29, 1.82) is 0 Å². The third-order valence-electron chi connectivity index (χ3n) is 2.68. The SMILES string of the molecule is CC(C)Cc1nc(-c2ccccc2N)sc1C(=O)O. The predicted octanol–water partition coefficient (Wildman–Crippen LogP) is 3.29. The molecule has 0 atom stereocenters. The number of hydrogen-bond acceptors (Lipinski definition) is 4. The number of anilines is 1. The van der Waals surface area contributed by atoms with E-state index in [2.05, 4.69) is 4.98 Å². The zero-order valence-corrected chi connectivity index (χ0v) is 11.7. The molecular formula is C14H16N2O2S. The van der Waals surface area contributed by atoms with Crippen molar-refractivity contribution >= 4 is 23.0 Å². The first-order chi connectivity index (χ1) is 8.99. The number of benzene rings is 1. The van der Waals surface area contributed by atoms with Gasteiger partial charge in [0.15, 0.2) is 0 Å². The minimum atomic E-state index is -0.922. The lowest BCUT2D eigenvalue weighted by Crippen LogP contribution is -2.02. The van der Waals surface area contributed by atoms with Gasteiger partial charge in [0.1, 0.15) is 9.88 Å². The van der Waals surface area contributed by atoms with Gasteiger partial charge in [-0.05, 0) is 24.5 Å². The van der Waals surface area contributed by atoms with Gasteiger partial charge in [0.25, 0.3) is 0 Å². The lowest BCUT2D eigenvalue weighted by atomic mass is 10.1. The molecule has 5 heteroatoms. The summed E-state index contributed by atoms with van der Waals surface area (Å²) in [5, 5.41) is 9.92. The van der Waals surface area contributed by atoms with Crippen LogP contribution >= 0.6 is 11.3 Å². The van der Waals surface area contributed by atoms with Gasteiger partial charge in [-0.1, -0.05) is 26.0 Å². The van der Waals surface area contributed by atoms with E-state index in [1.54, 1.807) is 6.07 Å². The summed E-state index contributed by atoms with van der Waals surface area (Å²) in [6, 6.07) is 7.37. The molecular weight excluding hydrogens is 260 g/mol. The second-order valence-electron chi connectivity index (χ2n) is 4.79. The van der Waals surface area contributed by atoms with Crippen LogP contribution in [0.15, 0.2) is 24.3 Å². The highest BCUT2D eigenvalue weighted by Crippen LogP contribution is 2.32. The molecule has 0 unspecified atom stereocenters. The number of aromatic nitrogens is 1. The molecule has 1 aromatic heterocycles. The smallest absolute Gasteiger partial charge is 0.347 e. The van der Waals surface area contributed by atoms with Crippen molar-refractivity contribution in [2.45, 2.75) is 20.3 Å². The van der Waals surface area contributed by atoms with Crippen LogP contribution in [0.3, 0.4) is 0 Å². The number of nitrogen functional groups attached to an aromatic ring is 1. The molecule has 0 aliphatic carbocycles. The van der Waals surface area contributed by atoms with Crippen LogP contribution in [0, 0.1) is 5.92 Å². The van der Waals surface area contributed by atoms with E-state index >= 15 is 0 Å². The fourth-order valence-corrected chi connectivity index (χ4v) is 2.83. The molecule has 0 fully saturated rings. The average Bonchev–Trinajstić information content (AvgIpc) is 2.72. The van der Waals surface area contributed by atoms with Crippen LogP contribution < -0.4 is 5.73 Å². The van der Waals surface area contributed by atoms with Gasteiger partial charge >= 0.3 is 5.97 Å². The molecule has 0 saturated heterocycles. The predicted molar refractivity (Wildman–Crippen MR) is 77.5 cm³/mol. The second kappa shape index (κ2) is 5.40. The molecule has 3 N–H and O–H groups in total. The lowest BCUT2D eigenvalue weighted by Gasteiger charge is -2.02. The Bertz CT molecular complexity index is 605. The summed E-state index contributed by atoms with van der Waals surface area (Å²) >= 11 is 1.19. The topological polar surface area (TPSA) is 76.2 Å². The Kier molecular flexibility index (Phi) is 3.85. The van der Waals surface area contributed by atoms with Crippen molar-refractivity contribution in [3.8, 4) is 10.6 Å². The maximum atomic E-state index is 11.3. The summed E-state index contributed by atoms with van der Waals surface area (Å²) in [6.45, 7) is 4.09. The van der Waals surface area contributed by atoms with E-state index in [9.17, 15) is 9.90 Å². The summed E-state index contributed by atoms with van der Waals surface area (Å²) in [7, 11) is 0. The van der Waals surface area contributed by atoms with Crippen LogP contribution in [-0.4, -0.2) is 16.1 Å². The second-order valence-corrected chi connectivity index (χ2v) is 5.78. The van der Waals surface area contributed by atoms with Gasteiger partial charge in [0.2, 0.25) is 0 Å². The van der Waals surface area contributed by atoms with Crippen molar-refractivity contribution in [2.24, 2.45) is 5.92 Å². The zero-order chi connectivity index (χ0) is 14.0. The van der Waals surface area contributed by atoms with Gasteiger partial charge in [-0.15, -0.1) is 11.3 Å². The fraction of sp³-hybridized carbons (Fsp3) is 0.286. The van der Waals surface area contributed by atoms with Crippen molar-refractivity contribution in [3.05, 3.63) is 34.8 Å². The molecule has 4 nitrogen and oxygen atoms in total. The number of carboxylic acid groups (broad SMARTS) is 1. The molecule has 1 aromatic carbocycles. The summed E-state index contributed by atoms with van der Waals surface area (Å²) in [4.78, 5) is 16.0. The van der Waals surface area contributed by atoms with E-state index in [0.717, 1.165) is 5.56 Å². The Balaban J connectivity index is 2.49. The zero-order valence-electron chi connectivity index (χ0n) is 10.9. The Labute approximate surface area is 115 Å². The molecule has 0 bridgehead atoms. The molecule has 0 saturated carbocycles. The van der Waals surface area contributed by atoms with Crippen LogP contribution in [-0.2, 0) is 6.42 Å². The number of carbonyl (C=O) groups is 1. The normalized spacial score (nSPS) is 10.9. The van der Waals surface area contributed by atoms with E-state index in [1.807, 2.05) is 32.0 Å². The first-order valence-corrected chi connectivity index (χ1v) is 6.88. The number of nitrogens with zero attached hydrogens (tertiary/aromatic N) is 1. The van der Waals surface area contributed by atoms with Gasteiger partial charge in [0.05, 0.1) is 5.69 Å². The summed E-state index contributed by atoms with van der Waals surface area (Å²) in [5.74, 6) is -0.560. The van der Waals surface area contributed by atoms with Crippen LogP contribution in [0.2, 0.25) is 0 Å². The van der Waals surface area contributed by atoms with Gasteiger partial charge in [-0.2, -0.15) is 0 Å². The van der Waals surface area contributed by atoms with Gasteiger partial charge < -0.3 is 10.8 Å². The lowest BCUT2D eigenvalue weighted by molar-refractivity contribution is 0.0700. The summed E-state index contributed by atoms with van der Waals surface area (Å²) < 4.78 is 0. The monoisotopic (exact) mass is 276 g/mol. The number of nitrogens with two attached hydrogens (primary N) is 1. The third-order valence-corrected chi connectivity index (χ3v) is 3.80. The van der Waals surface area contributed by atoms with Crippen molar-refractivity contribution in [1.82, 2.24) is 4.98 Å². The summed E-state index contributed by atoms with van der Waals surface area (Å²) in [6.07, 6.45) is 0.658. The number of carboxylic acids is 1. The van der Waals surface area contributed by atoms with Gasteiger partial charge in [-0.3, -0.25) is 0 Å². The van der Waals surface area contributed by atoms with Gasteiger partial charge in [-0.25, -0.2) is 9.78 Å². The maximum Gasteiger partial charge on any atom is 0.347 e. The van der Waals surface area contributed by atoms with E-state index in [0.29, 0.717) is 33.6 Å². The minimum Gasteiger partial charge on any atom is -0.477 e. The molecule has 0 radical (unpaired) electrons. The first kappa shape index (κ1) is 13.5. The molecule has 0 amide bonds. The Morgan fingerprint density at radius 3 is 2.68 bits per heavy atom. The molecule has 100 valence electrons. The molecule has 0 spiro atoms. The largest absolute Gasteiger partial charge is 0.477 e. The van der Waals surface area contributed by atoms with Crippen LogP contribution in [0.4, 0.5) is 5.69 Å². The van der Waals surface area contributed by atoms with E-state index in [4.69, 9.17) is 5.73 Å². The number of aromatic carboxylic acids is 1. The molecule has 1 heterocycles. The quantitative estimate of drug-likeness (QED) is 0.840. The highest BCUT2D eigenvalue weighted by molar-refractivity contribution is 7.17. The molecule has 0 aliphatic rings. The van der Waals surface area contributed by atoms with Crippen LogP contribution in [0.5, 0.6) is 0 Å². The Morgan fingerprint density at radius 1 is 1.42 bits per heavy atom. The van der Waals surface area contributed by atoms with Crippen LogP contribution in [0.25, 0.3) is 10.6 Å². The van der Waals surface area contributed by atoms with Crippen molar-refractivity contribution in [2.75, 3.05) is 5.73 Å². The summed E-state index contributed by atoms with van der Waals surface area (Å²) in [5.41, 5.74) is 7.96. The highest BCUT2D eigenvalue weighted by atomic mass is 32.1. The average molecular weight is 276 g/mol. The number of thiazole rings is 1. The standard InChI is InChI=1S/C14H16N2O2S/c1-8(2)7-11-12(14(17)18)19-13(16-11)9-5-3-4-6-10(9)15/h3-6,8H,7,15H2,1-2H3,(H,17,18). The molecule has 19 heavy (non-hydrogen) atoms. The number of hydrogen-bond donors (Lipinski definition) is 2. The Morgan fingerprint density at radius 2 is 2.11 bits per heavy atom. The Hall–Kier alpha value is -1.88. The first-order valence-electron chi connectivity index (χ1n) is 6.07. The molecule has 2 rings (SSSR count). The van der Waals surface area contributed by atoms with E-state index in [1.165, 1.54) is 11.3 Å². The number of rotatable bonds is 4. The third kappa shape index (κ3) is 2.93. The minimum absolute atomic E-state index is 0.312. The fourth-order valence-electron chi connectivity index (χ4n) is 1.85. The van der Waals surface area contributed by atoms with E-state index < -0.39 is 5.97 Å². The maximum absolute atomic E-state index is 11.3. The van der Waals surface area contributed by atoms with Crippen LogP contribution in [0.1, 0.15) is 29.2 Å². The number of para-hydroxylation sites is 1.